The Kier molecular flexibility index (Phi) is 5.76. The number of likely N-dealkylation sites (N-methyl/N-ethyl adjacent to an activating group) is 1. The second kappa shape index (κ2) is 7.09. The van der Waals surface area contributed by atoms with Gasteiger partial charge < -0.3 is 15.4 Å². The molecule has 0 radical (unpaired) electrons. The van der Waals surface area contributed by atoms with Crippen molar-refractivity contribution in [2.75, 3.05) is 18.6 Å². The second-order valence-electron chi connectivity index (χ2n) is 4.20. The van der Waals surface area contributed by atoms with Crippen molar-refractivity contribution in [1.29, 1.82) is 0 Å². The van der Waals surface area contributed by atoms with Crippen molar-refractivity contribution in [2.24, 2.45) is 5.73 Å². The molecule has 1 rings (SSSR count). The van der Waals surface area contributed by atoms with Crippen molar-refractivity contribution in [3.8, 4) is 0 Å². The number of nitrogens with two attached hydrogens (primary N) is 1. The number of ether oxygens (including phenoxy) is 1. The van der Waals surface area contributed by atoms with Crippen LogP contribution < -0.4 is 10.6 Å². The molecule has 0 heterocycles. The van der Waals surface area contributed by atoms with Crippen LogP contribution in [0.3, 0.4) is 0 Å². The number of carbonyl (C=O) groups excluding carboxylic acids is 1. The number of hydrogen-bond donors (Lipinski definition) is 1. The lowest BCUT2D eigenvalue weighted by atomic mass is 10.1. The summed E-state index contributed by atoms with van der Waals surface area (Å²) < 4.78 is 5.08. The molecule has 0 aromatic heterocycles. The van der Waals surface area contributed by atoms with Gasteiger partial charge in [0.2, 0.25) is 0 Å². The van der Waals surface area contributed by atoms with Crippen LogP contribution in [0.4, 0.5) is 5.69 Å². The molecular formula is C14H20N2O2S. The molecule has 4 nitrogen and oxygen atoms in total. The van der Waals surface area contributed by atoms with E-state index in [-0.39, 0.29) is 12.0 Å². The summed E-state index contributed by atoms with van der Waals surface area (Å²) in [5.41, 5.74) is 7.30. The first-order valence-electron chi connectivity index (χ1n) is 6.30. The molecule has 0 aliphatic carbocycles. The van der Waals surface area contributed by atoms with Crippen molar-refractivity contribution in [2.45, 2.75) is 26.3 Å². The first kappa shape index (κ1) is 15.4. The molecule has 5 heteroatoms. The van der Waals surface area contributed by atoms with Crippen molar-refractivity contribution in [3.05, 3.63) is 29.8 Å². The number of esters is 1. The van der Waals surface area contributed by atoms with Gasteiger partial charge in [0, 0.05) is 18.3 Å². The zero-order valence-corrected chi connectivity index (χ0v) is 12.4. The Morgan fingerprint density at radius 2 is 2.16 bits per heavy atom. The Morgan fingerprint density at radius 3 is 2.68 bits per heavy atom. The number of carbonyl (C=O) groups is 1. The Labute approximate surface area is 119 Å². The summed E-state index contributed by atoms with van der Waals surface area (Å²) in [5, 5.41) is 0. The molecule has 0 saturated carbocycles. The maximum atomic E-state index is 11.9. The molecule has 1 unspecified atom stereocenters. The summed E-state index contributed by atoms with van der Waals surface area (Å²) in [6, 6.07) is 7.22. The molecule has 1 aromatic carbocycles. The first-order valence-corrected chi connectivity index (χ1v) is 6.71. The summed E-state index contributed by atoms with van der Waals surface area (Å²) >= 11 is 4.96. The third-order valence-corrected chi connectivity index (χ3v) is 3.19. The fraction of sp³-hybridized carbons (Fsp3) is 0.429. The summed E-state index contributed by atoms with van der Waals surface area (Å²) in [5.74, 6) is -0.215. The van der Waals surface area contributed by atoms with Crippen molar-refractivity contribution < 1.29 is 9.53 Å². The molecule has 0 fully saturated rings. The molecule has 0 spiro atoms. The van der Waals surface area contributed by atoms with Crippen LogP contribution in [-0.4, -0.2) is 30.7 Å². The molecule has 1 atom stereocenters. The van der Waals surface area contributed by atoms with Crippen LogP contribution in [0.25, 0.3) is 0 Å². The monoisotopic (exact) mass is 280 g/mol. The van der Waals surface area contributed by atoms with E-state index in [1.54, 1.807) is 6.92 Å². The van der Waals surface area contributed by atoms with Crippen LogP contribution in [-0.2, 0) is 9.53 Å². The minimum absolute atomic E-state index is 0.215. The van der Waals surface area contributed by atoms with E-state index in [0.29, 0.717) is 18.0 Å². The molecule has 1 aromatic rings. The minimum Gasteiger partial charge on any atom is -0.464 e. The quantitative estimate of drug-likeness (QED) is 0.639. The number of nitrogens with zero attached hydrogens (tertiary/aromatic N) is 1. The largest absolute Gasteiger partial charge is 0.464 e. The molecule has 0 amide bonds. The predicted molar refractivity (Wildman–Crippen MR) is 81.4 cm³/mol. The molecule has 0 bridgehead atoms. The van der Waals surface area contributed by atoms with Crippen LogP contribution in [0.15, 0.2) is 24.3 Å². The summed E-state index contributed by atoms with van der Waals surface area (Å²) in [7, 11) is 1.86. The lowest BCUT2D eigenvalue weighted by molar-refractivity contribution is -0.144. The molecule has 0 saturated heterocycles. The van der Waals surface area contributed by atoms with Crippen LogP contribution in [0, 0.1) is 0 Å². The van der Waals surface area contributed by atoms with Crippen LogP contribution in [0.1, 0.15) is 25.8 Å². The van der Waals surface area contributed by atoms with Crippen LogP contribution >= 0.6 is 12.2 Å². The van der Waals surface area contributed by atoms with E-state index in [2.05, 4.69) is 0 Å². The molecule has 0 aliphatic heterocycles. The molecule has 104 valence electrons. The molecular weight excluding hydrogens is 260 g/mol. The Balaban J connectivity index is 2.96. The first-order chi connectivity index (χ1) is 9.01. The summed E-state index contributed by atoms with van der Waals surface area (Å²) in [6.45, 7) is 4.14. The highest BCUT2D eigenvalue weighted by Crippen LogP contribution is 2.19. The highest BCUT2D eigenvalue weighted by molar-refractivity contribution is 7.80. The van der Waals surface area contributed by atoms with Gasteiger partial charge >= 0.3 is 5.97 Å². The lowest BCUT2D eigenvalue weighted by Crippen LogP contribution is -2.39. The Bertz CT molecular complexity index is 463. The van der Waals surface area contributed by atoms with E-state index >= 15 is 0 Å². The van der Waals surface area contributed by atoms with Crippen molar-refractivity contribution in [3.63, 3.8) is 0 Å². The fourth-order valence-corrected chi connectivity index (χ4v) is 2.02. The topological polar surface area (TPSA) is 55.6 Å². The standard InChI is InChI=1S/C14H20N2O2S/c1-4-12(14(17)18-5-2)16(3)11-8-6-7-10(9-11)13(15)19/h6-9,12H,4-5H2,1-3H3,(H2,15,19). The number of benzene rings is 1. The van der Waals surface area contributed by atoms with Gasteiger partial charge in [0.15, 0.2) is 0 Å². The fourth-order valence-electron chi connectivity index (χ4n) is 1.90. The maximum Gasteiger partial charge on any atom is 0.328 e. The highest BCUT2D eigenvalue weighted by Gasteiger charge is 2.23. The van der Waals surface area contributed by atoms with E-state index in [0.717, 1.165) is 11.3 Å². The van der Waals surface area contributed by atoms with E-state index in [1.165, 1.54) is 0 Å². The zero-order valence-electron chi connectivity index (χ0n) is 11.6. The van der Waals surface area contributed by atoms with Crippen LogP contribution in [0.2, 0.25) is 0 Å². The van der Waals surface area contributed by atoms with Gasteiger partial charge in [-0.1, -0.05) is 31.3 Å². The average molecular weight is 280 g/mol. The van der Waals surface area contributed by atoms with E-state index in [9.17, 15) is 4.79 Å². The maximum absolute atomic E-state index is 11.9. The van der Waals surface area contributed by atoms with Gasteiger partial charge in [0.1, 0.15) is 11.0 Å². The molecule has 19 heavy (non-hydrogen) atoms. The van der Waals surface area contributed by atoms with Gasteiger partial charge in [0.25, 0.3) is 0 Å². The number of thiocarbonyl (C=S) groups is 1. The number of anilines is 1. The normalized spacial score (nSPS) is 11.7. The Hall–Kier alpha value is -1.62. The highest BCUT2D eigenvalue weighted by atomic mass is 32.1. The summed E-state index contributed by atoms with van der Waals surface area (Å²) in [4.78, 5) is 14.1. The third-order valence-electron chi connectivity index (χ3n) is 2.95. The van der Waals surface area contributed by atoms with Crippen molar-refractivity contribution in [1.82, 2.24) is 0 Å². The van der Waals surface area contributed by atoms with E-state index < -0.39 is 0 Å². The van der Waals surface area contributed by atoms with Gasteiger partial charge in [-0.15, -0.1) is 0 Å². The zero-order chi connectivity index (χ0) is 14.4. The molecule has 2 N–H and O–H groups in total. The van der Waals surface area contributed by atoms with Crippen LogP contribution in [0.5, 0.6) is 0 Å². The lowest BCUT2D eigenvalue weighted by Gasteiger charge is -2.27. The second-order valence-corrected chi connectivity index (χ2v) is 4.64. The Morgan fingerprint density at radius 1 is 1.47 bits per heavy atom. The SMILES string of the molecule is CCOC(=O)C(CC)N(C)c1cccc(C(N)=S)c1. The van der Waals surface area contributed by atoms with E-state index in [4.69, 9.17) is 22.7 Å². The number of hydrogen-bond acceptors (Lipinski definition) is 4. The van der Waals surface area contributed by atoms with Gasteiger partial charge in [-0.3, -0.25) is 0 Å². The van der Waals surface area contributed by atoms with Crippen molar-refractivity contribution >= 4 is 28.9 Å². The van der Waals surface area contributed by atoms with Gasteiger partial charge in [0.05, 0.1) is 6.61 Å². The third kappa shape index (κ3) is 3.92. The van der Waals surface area contributed by atoms with E-state index in [1.807, 2.05) is 43.1 Å². The van der Waals surface area contributed by atoms with Gasteiger partial charge in [-0.2, -0.15) is 0 Å². The van der Waals surface area contributed by atoms with Gasteiger partial charge in [-0.05, 0) is 25.5 Å². The minimum atomic E-state index is -0.304. The summed E-state index contributed by atoms with van der Waals surface area (Å²) in [6.07, 6.45) is 0.673. The molecule has 0 aliphatic rings. The predicted octanol–water partition coefficient (Wildman–Crippen LogP) is 2.10. The van der Waals surface area contributed by atoms with Gasteiger partial charge in [-0.25, -0.2) is 4.79 Å². The number of rotatable bonds is 6. The average Bonchev–Trinajstić information content (AvgIpc) is 2.39. The smallest absolute Gasteiger partial charge is 0.328 e.